The summed E-state index contributed by atoms with van der Waals surface area (Å²) >= 11 is 0. The average molecular weight is 378 g/mol. The Morgan fingerprint density at radius 3 is 2.19 bits per heavy atom. The minimum atomic E-state index is -3.53. The fourth-order valence-corrected chi connectivity index (χ4v) is 3.27. The van der Waals surface area contributed by atoms with E-state index in [4.69, 9.17) is 4.74 Å². The van der Waals surface area contributed by atoms with Crippen LogP contribution in [0.5, 0.6) is 5.75 Å². The van der Waals surface area contributed by atoms with Crippen LogP contribution >= 0.6 is 0 Å². The minimum Gasteiger partial charge on any atom is -0.497 e. The lowest BCUT2D eigenvalue weighted by atomic mass is 9.95. The van der Waals surface area contributed by atoms with Gasteiger partial charge in [-0.2, -0.15) is 0 Å². The number of benzene rings is 2. The summed E-state index contributed by atoms with van der Waals surface area (Å²) in [5.74, 6) is 0.859. The smallest absolute Gasteiger partial charge is 0.293 e. The van der Waals surface area contributed by atoms with Gasteiger partial charge >= 0.3 is 0 Å². The molecule has 0 bridgehead atoms. The summed E-state index contributed by atoms with van der Waals surface area (Å²) < 4.78 is 28.5. The van der Waals surface area contributed by atoms with Gasteiger partial charge in [0.1, 0.15) is 11.4 Å². The van der Waals surface area contributed by atoms with Gasteiger partial charge < -0.3 is 10.1 Å². The summed E-state index contributed by atoms with van der Waals surface area (Å²) in [5, 5.41) is 14.6. The zero-order chi connectivity index (χ0) is 19.5. The molecule has 1 unspecified atom stereocenters. The molecule has 0 amide bonds. The summed E-state index contributed by atoms with van der Waals surface area (Å²) in [6.07, 6.45) is 1.02. The molecule has 0 aliphatic carbocycles. The van der Waals surface area contributed by atoms with Gasteiger partial charge in [0.2, 0.25) is 0 Å². The van der Waals surface area contributed by atoms with Gasteiger partial charge in [-0.05, 0) is 35.7 Å². The van der Waals surface area contributed by atoms with E-state index in [1.54, 1.807) is 7.11 Å². The molecule has 0 radical (unpaired) electrons. The number of nitro benzene ring substituents is 1. The molecule has 2 aromatic carbocycles. The van der Waals surface area contributed by atoms with Crippen LogP contribution in [0.1, 0.15) is 25.5 Å². The second-order valence-corrected chi connectivity index (χ2v) is 8.36. The minimum absolute atomic E-state index is 0.0831. The predicted octanol–water partition coefficient (Wildman–Crippen LogP) is 3.82. The average Bonchev–Trinajstić information content (AvgIpc) is 2.58. The Labute approximate surface area is 153 Å². The van der Waals surface area contributed by atoms with Gasteiger partial charge in [0.15, 0.2) is 9.84 Å². The third kappa shape index (κ3) is 4.51. The van der Waals surface area contributed by atoms with E-state index in [1.807, 2.05) is 38.1 Å². The highest BCUT2D eigenvalue weighted by Crippen LogP contribution is 2.33. The van der Waals surface area contributed by atoms with Crippen molar-refractivity contribution in [2.24, 2.45) is 5.92 Å². The van der Waals surface area contributed by atoms with Gasteiger partial charge in [-0.3, -0.25) is 10.1 Å². The van der Waals surface area contributed by atoms with Crippen LogP contribution in [-0.2, 0) is 9.84 Å². The molecule has 0 aromatic heterocycles. The third-order valence-electron chi connectivity index (χ3n) is 4.05. The Bertz CT molecular complexity index is 892. The molecular weight excluding hydrogens is 356 g/mol. The van der Waals surface area contributed by atoms with Crippen LogP contribution in [0, 0.1) is 16.0 Å². The number of sulfone groups is 1. The van der Waals surface area contributed by atoms with Crippen molar-refractivity contribution in [2.45, 2.75) is 24.8 Å². The standard InChI is InChI=1S/C18H22N2O5S/c1-12(2)18(13-5-7-14(25-3)8-6-13)19-16-10-9-15(26(4,23)24)11-17(16)20(21)22/h5-12,18-19H,1-4H3. The number of nitrogens with one attached hydrogen (secondary N) is 1. The van der Waals surface area contributed by atoms with Gasteiger partial charge in [-0.1, -0.05) is 26.0 Å². The van der Waals surface area contributed by atoms with Gasteiger partial charge in [-0.15, -0.1) is 0 Å². The van der Waals surface area contributed by atoms with Crippen molar-refractivity contribution in [1.29, 1.82) is 0 Å². The lowest BCUT2D eigenvalue weighted by molar-refractivity contribution is -0.384. The molecule has 140 valence electrons. The van der Waals surface area contributed by atoms with Crippen LogP contribution in [0.2, 0.25) is 0 Å². The molecule has 1 N–H and O–H groups in total. The first-order valence-electron chi connectivity index (χ1n) is 8.02. The first-order chi connectivity index (χ1) is 12.1. The summed E-state index contributed by atoms with van der Waals surface area (Å²) in [6, 6.07) is 11.2. The van der Waals surface area contributed by atoms with Crippen LogP contribution in [0.3, 0.4) is 0 Å². The first-order valence-corrected chi connectivity index (χ1v) is 9.91. The van der Waals surface area contributed by atoms with Crippen molar-refractivity contribution in [3.63, 3.8) is 0 Å². The number of methoxy groups -OCH3 is 1. The SMILES string of the molecule is COc1ccc(C(Nc2ccc(S(C)(=O)=O)cc2[N+](=O)[O-])C(C)C)cc1. The van der Waals surface area contributed by atoms with E-state index in [0.717, 1.165) is 23.6 Å². The van der Waals surface area contributed by atoms with Crippen molar-refractivity contribution in [3.05, 3.63) is 58.1 Å². The second-order valence-electron chi connectivity index (χ2n) is 6.35. The summed E-state index contributed by atoms with van der Waals surface area (Å²) in [6.45, 7) is 4.00. The quantitative estimate of drug-likeness (QED) is 0.581. The maximum Gasteiger partial charge on any atom is 0.293 e. The van der Waals surface area contributed by atoms with Crippen molar-refractivity contribution in [2.75, 3.05) is 18.7 Å². The maximum absolute atomic E-state index is 11.7. The molecule has 0 aliphatic rings. The van der Waals surface area contributed by atoms with Crippen LogP contribution < -0.4 is 10.1 Å². The van der Waals surface area contributed by atoms with Crippen LogP contribution in [0.25, 0.3) is 0 Å². The molecule has 2 aromatic rings. The monoisotopic (exact) mass is 378 g/mol. The fourth-order valence-electron chi connectivity index (χ4n) is 2.63. The normalized spacial score (nSPS) is 12.7. The highest BCUT2D eigenvalue weighted by atomic mass is 32.2. The van der Waals surface area contributed by atoms with E-state index < -0.39 is 14.8 Å². The molecule has 0 saturated carbocycles. The Kier molecular flexibility index (Phi) is 5.86. The lowest BCUT2D eigenvalue weighted by Gasteiger charge is -2.24. The van der Waals surface area contributed by atoms with Gasteiger partial charge in [0, 0.05) is 12.3 Å². The van der Waals surface area contributed by atoms with E-state index >= 15 is 0 Å². The van der Waals surface area contributed by atoms with Gasteiger partial charge in [0.05, 0.1) is 23.0 Å². The van der Waals surface area contributed by atoms with E-state index in [1.165, 1.54) is 12.1 Å². The molecule has 0 saturated heterocycles. The zero-order valence-corrected chi connectivity index (χ0v) is 15.9. The zero-order valence-electron chi connectivity index (χ0n) is 15.1. The molecule has 1 atom stereocenters. The summed E-state index contributed by atoms with van der Waals surface area (Å²) in [7, 11) is -1.94. The van der Waals surface area contributed by atoms with Crippen molar-refractivity contribution < 1.29 is 18.1 Å². The molecule has 0 spiro atoms. The highest BCUT2D eigenvalue weighted by molar-refractivity contribution is 7.90. The van der Waals surface area contributed by atoms with E-state index in [2.05, 4.69) is 5.32 Å². The van der Waals surface area contributed by atoms with Crippen LogP contribution in [-0.4, -0.2) is 26.7 Å². The van der Waals surface area contributed by atoms with E-state index in [0.29, 0.717) is 0 Å². The van der Waals surface area contributed by atoms with Gasteiger partial charge in [-0.25, -0.2) is 8.42 Å². The number of hydrogen-bond donors (Lipinski definition) is 1. The number of nitro groups is 1. The second kappa shape index (κ2) is 7.74. The number of anilines is 1. The van der Waals surface area contributed by atoms with Crippen LogP contribution in [0.15, 0.2) is 47.4 Å². The molecule has 8 heteroatoms. The molecule has 0 aliphatic heterocycles. The highest BCUT2D eigenvalue weighted by Gasteiger charge is 2.23. The van der Waals surface area contributed by atoms with Gasteiger partial charge in [0.25, 0.3) is 5.69 Å². The maximum atomic E-state index is 11.7. The Hall–Kier alpha value is -2.61. The number of ether oxygens (including phenoxy) is 1. The molecular formula is C18H22N2O5S. The van der Waals surface area contributed by atoms with Crippen LogP contribution in [0.4, 0.5) is 11.4 Å². The largest absolute Gasteiger partial charge is 0.497 e. The molecule has 7 nitrogen and oxygen atoms in total. The Balaban J connectivity index is 2.43. The third-order valence-corrected chi connectivity index (χ3v) is 5.16. The molecule has 0 heterocycles. The van der Waals surface area contributed by atoms with Crippen molar-refractivity contribution in [1.82, 2.24) is 0 Å². The predicted molar refractivity (Wildman–Crippen MR) is 100 cm³/mol. The lowest BCUT2D eigenvalue weighted by Crippen LogP contribution is -2.17. The number of rotatable bonds is 7. The summed E-state index contributed by atoms with van der Waals surface area (Å²) in [5.41, 5.74) is 0.950. The van der Waals surface area contributed by atoms with E-state index in [9.17, 15) is 18.5 Å². The molecule has 26 heavy (non-hydrogen) atoms. The van der Waals surface area contributed by atoms with Crippen molar-refractivity contribution >= 4 is 21.2 Å². The topological polar surface area (TPSA) is 98.5 Å². The fraction of sp³-hybridized carbons (Fsp3) is 0.333. The Morgan fingerprint density at radius 1 is 1.12 bits per heavy atom. The number of hydrogen-bond acceptors (Lipinski definition) is 6. The van der Waals surface area contributed by atoms with E-state index in [-0.39, 0.29) is 28.2 Å². The first kappa shape index (κ1) is 19.7. The summed E-state index contributed by atoms with van der Waals surface area (Å²) in [4.78, 5) is 10.8. The molecule has 0 fully saturated rings. The Morgan fingerprint density at radius 2 is 1.73 bits per heavy atom. The molecule has 2 rings (SSSR count). The van der Waals surface area contributed by atoms with Crippen molar-refractivity contribution in [3.8, 4) is 5.75 Å². The number of nitrogens with zero attached hydrogens (tertiary/aromatic N) is 1.